The maximum absolute atomic E-state index is 12.4. The Hall–Kier alpha value is -1.51. The molecule has 2 aromatic rings. The van der Waals surface area contributed by atoms with Crippen LogP contribution < -0.4 is 0 Å². The molecule has 86 valence electrons. The normalized spacial score (nSPS) is 10.1. The summed E-state index contributed by atoms with van der Waals surface area (Å²) in [5.41, 5.74) is 1.31. The van der Waals surface area contributed by atoms with Crippen molar-refractivity contribution in [2.24, 2.45) is 0 Å². The van der Waals surface area contributed by atoms with Crippen LogP contribution in [0.1, 0.15) is 31.5 Å². The number of nitrogens with zero attached hydrogens (tertiary/aromatic N) is 1. The molecule has 0 amide bonds. The van der Waals surface area contributed by atoms with Crippen LogP contribution in [0.2, 0.25) is 0 Å². The Labute approximate surface area is 94.1 Å². The number of benzene rings is 1. The van der Waals surface area contributed by atoms with Crippen LogP contribution in [-0.4, -0.2) is 4.98 Å². The van der Waals surface area contributed by atoms with Crippen LogP contribution in [0.5, 0.6) is 0 Å². The van der Waals surface area contributed by atoms with Crippen LogP contribution >= 0.6 is 0 Å². The summed E-state index contributed by atoms with van der Waals surface area (Å²) in [6, 6.07) is 8.73. The lowest BCUT2D eigenvalue weighted by molar-refractivity contribution is 0.146. The maximum Gasteiger partial charge on any atom is 0.280 e. The fourth-order valence-corrected chi connectivity index (χ4v) is 1.49. The molecule has 1 heterocycles. The first-order chi connectivity index (χ1) is 7.68. The highest BCUT2D eigenvalue weighted by atomic mass is 19.3. The van der Waals surface area contributed by atoms with Crippen LogP contribution in [0, 0.1) is 6.92 Å². The molecule has 16 heavy (non-hydrogen) atoms. The van der Waals surface area contributed by atoms with Crippen molar-refractivity contribution in [1.82, 2.24) is 4.98 Å². The van der Waals surface area contributed by atoms with Crippen molar-refractivity contribution in [1.29, 1.82) is 0 Å². The molecule has 0 unspecified atom stereocenters. The van der Waals surface area contributed by atoms with E-state index in [4.69, 9.17) is 0 Å². The summed E-state index contributed by atoms with van der Waals surface area (Å²) in [6.07, 6.45) is -2.50. The van der Waals surface area contributed by atoms with E-state index in [0.29, 0.717) is 5.52 Å². The molecule has 0 aliphatic rings. The van der Waals surface area contributed by atoms with Crippen LogP contribution in [0.15, 0.2) is 30.3 Å². The van der Waals surface area contributed by atoms with E-state index in [1.54, 1.807) is 12.1 Å². The predicted molar refractivity (Wildman–Crippen MR) is 62.8 cm³/mol. The van der Waals surface area contributed by atoms with Gasteiger partial charge in [0.05, 0.1) is 5.52 Å². The minimum atomic E-state index is -2.50. The average Bonchev–Trinajstić information content (AvgIpc) is 2.31. The quantitative estimate of drug-likeness (QED) is 0.693. The number of hydrogen-bond acceptors (Lipinski definition) is 1. The second kappa shape index (κ2) is 5.54. The van der Waals surface area contributed by atoms with Gasteiger partial charge in [-0.1, -0.05) is 32.0 Å². The molecule has 0 fully saturated rings. The van der Waals surface area contributed by atoms with E-state index >= 15 is 0 Å². The predicted octanol–water partition coefficient (Wildman–Crippen LogP) is 4.51. The zero-order valence-electron chi connectivity index (χ0n) is 9.67. The molecule has 1 aromatic heterocycles. The Bertz CT molecular complexity index is 466. The van der Waals surface area contributed by atoms with Crippen molar-refractivity contribution < 1.29 is 8.78 Å². The van der Waals surface area contributed by atoms with E-state index in [1.165, 1.54) is 6.07 Å². The summed E-state index contributed by atoms with van der Waals surface area (Å²) < 4.78 is 24.8. The van der Waals surface area contributed by atoms with Gasteiger partial charge in [0.1, 0.15) is 5.69 Å². The molecule has 0 atom stereocenters. The number of aryl methyl sites for hydroxylation is 1. The first-order valence-electron chi connectivity index (χ1n) is 5.33. The number of rotatable bonds is 1. The summed E-state index contributed by atoms with van der Waals surface area (Å²) in [4.78, 5) is 3.89. The van der Waals surface area contributed by atoms with Gasteiger partial charge in [0.25, 0.3) is 6.43 Å². The fraction of sp³-hybridized carbons (Fsp3) is 0.308. The fourth-order valence-electron chi connectivity index (χ4n) is 1.49. The number of fused-ring (bicyclic) bond motifs is 1. The first kappa shape index (κ1) is 12.6. The molecule has 1 aromatic carbocycles. The second-order valence-corrected chi connectivity index (χ2v) is 3.18. The van der Waals surface area contributed by atoms with E-state index in [-0.39, 0.29) is 5.69 Å². The summed E-state index contributed by atoms with van der Waals surface area (Å²) in [6.45, 7) is 5.82. The van der Waals surface area contributed by atoms with Crippen LogP contribution in [0.3, 0.4) is 0 Å². The van der Waals surface area contributed by atoms with Crippen LogP contribution in [0.25, 0.3) is 10.9 Å². The molecule has 0 saturated heterocycles. The van der Waals surface area contributed by atoms with Gasteiger partial charge in [-0.25, -0.2) is 13.8 Å². The zero-order valence-corrected chi connectivity index (χ0v) is 9.67. The number of pyridine rings is 1. The molecule has 2 rings (SSSR count). The van der Waals surface area contributed by atoms with Crippen LogP contribution in [0.4, 0.5) is 8.78 Å². The zero-order chi connectivity index (χ0) is 12.1. The summed E-state index contributed by atoms with van der Waals surface area (Å²) in [7, 11) is 0. The van der Waals surface area contributed by atoms with Crippen molar-refractivity contribution in [3.63, 3.8) is 0 Å². The molecule has 0 radical (unpaired) electrons. The largest absolute Gasteiger partial charge is 0.280 e. The molecule has 1 nitrogen and oxygen atoms in total. The highest BCUT2D eigenvalue weighted by Crippen LogP contribution is 2.23. The summed E-state index contributed by atoms with van der Waals surface area (Å²) in [5, 5.41) is 0.928. The second-order valence-electron chi connectivity index (χ2n) is 3.18. The third kappa shape index (κ3) is 2.54. The Balaban J connectivity index is 0.000000606. The smallest absolute Gasteiger partial charge is 0.247 e. The molecular weight excluding hydrogens is 208 g/mol. The Morgan fingerprint density at radius 1 is 1.12 bits per heavy atom. The molecule has 3 heteroatoms. The third-order valence-electron chi connectivity index (χ3n) is 2.17. The molecule has 0 aliphatic heterocycles. The lowest BCUT2D eigenvalue weighted by Gasteiger charge is -2.04. The lowest BCUT2D eigenvalue weighted by Crippen LogP contribution is -1.92. The van der Waals surface area contributed by atoms with Gasteiger partial charge in [-0.05, 0) is 24.6 Å². The SMILES string of the molecule is CC.Cc1cc(C(F)F)nc2ccccc12. The number of alkyl halides is 2. The molecule has 0 N–H and O–H groups in total. The van der Waals surface area contributed by atoms with Crippen molar-refractivity contribution in [2.75, 3.05) is 0 Å². The maximum atomic E-state index is 12.4. The van der Waals surface area contributed by atoms with Gasteiger partial charge < -0.3 is 0 Å². The lowest BCUT2D eigenvalue weighted by atomic mass is 10.1. The van der Waals surface area contributed by atoms with Crippen molar-refractivity contribution in [2.45, 2.75) is 27.2 Å². The van der Waals surface area contributed by atoms with Gasteiger partial charge >= 0.3 is 0 Å². The van der Waals surface area contributed by atoms with Crippen molar-refractivity contribution >= 4 is 10.9 Å². The summed E-state index contributed by atoms with van der Waals surface area (Å²) in [5.74, 6) is 0. The molecular formula is C13H15F2N. The minimum Gasteiger partial charge on any atom is -0.247 e. The van der Waals surface area contributed by atoms with Crippen molar-refractivity contribution in [3.8, 4) is 0 Å². The van der Waals surface area contributed by atoms with E-state index in [0.717, 1.165) is 10.9 Å². The van der Waals surface area contributed by atoms with E-state index in [1.807, 2.05) is 32.9 Å². The highest BCUT2D eigenvalue weighted by molar-refractivity contribution is 5.82. The van der Waals surface area contributed by atoms with Gasteiger partial charge in [-0.15, -0.1) is 0 Å². The third-order valence-corrected chi connectivity index (χ3v) is 2.17. The molecule has 0 aliphatic carbocycles. The number of hydrogen-bond donors (Lipinski definition) is 0. The molecule has 0 saturated carbocycles. The molecule has 0 spiro atoms. The number of halogens is 2. The van der Waals surface area contributed by atoms with E-state index in [2.05, 4.69) is 4.98 Å². The standard InChI is InChI=1S/C11H9F2N.C2H6/c1-7-6-10(11(12)13)14-9-5-3-2-4-8(7)9;1-2/h2-6,11H,1H3;1-2H3. The Morgan fingerprint density at radius 2 is 1.75 bits per heavy atom. The van der Waals surface area contributed by atoms with Gasteiger partial charge in [0, 0.05) is 5.39 Å². The first-order valence-corrected chi connectivity index (χ1v) is 5.33. The Kier molecular flexibility index (Phi) is 4.35. The van der Waals surface area contributed by atoms with Gasteiger partial charge in [-0.2, -0.15) is 0 Å². The minimum absolute atomic E-state index is 0.152. The van der Waals surface area contributed by atoms with Gasteiger partial charge in [-0.3, -0.25) is 0 Å². The summed E-state index contributed by atoms with van der Waals surface area (Å²) >= 11 is 0. The molecule has 0 bridgehead atoms. The van der Waals surface area contributed by atoms with Gasteiger partial charge in [0.15, 0.2) is 0 Å². The Morgan fingerprint density at radius 3 is 2.38 bits per heavy atom. The van der Waals surface area contributed by atoms with Crippen molar-refractivity contribution in [3.05, 3.63) is 41.6 Å². The average molecular weight is 223 g/mol. The number of para-hydroxylation sites is 1. The van der Waals surface area contributed by atoms with Gasteiger partial charge in [0.2, 0.25) is 0 Å². The topological polar surface area (TPSA) is 12.9 Å². The van der Waals surface area contributed by atoms with E-state index < -0.39 is 6.43 Å². The number of aromatic nitrogens is 1. The monoisotopic (exact) mass is 223 g/mol. The van der Waals surface area contributed by atoms with Crippen LogP contribution in [-0.2, 0) is 0 Å². The van der Waals surface area contributed by atoms with E-state index in [9.17, 15) is 8.78 Å². The highest BCUT2D eigenvalue weighted by Gasteiger charge is 2.10.